The molecule has 1 aliphatic carbocycles. The van der Waals surface area contributed by atoms with Gasteiger partial charge in [-0.3, -0.25) is 0 Å². The number of hydrogen-bond donors (Lipinski definition) is 4. The highest BCUT2D eigenvalue weighted by Crippen LogP contribution is 2.22. The number of nitriles is 1. The third kappa shape index (κ3) is 6.33. The van der Waals surface area contributed by atoms with Crippen molar-refractivity contribution < 1.29 is 14.2 Å². The fourth-order valence-corrected chi connectivity index (χ4v) is 2.05. The summed E-state index contributed by atoms with van der Waals surface area (Å²) < 4.78 is 16.8. The molecule has 1 aromatic carbocycles. The van der Waals surface area contributed by atoms with E-state index in [9.17, 15) is 4.39 Å². The van der Waals surface area contributed by atoms with Crippen molar-refractivity contribution in [3.05, 3.63) is 52.4 Å². The molecule has 0 bridgehead atoms. The van der Waals surface area contributed by atoms with Gasteiger partial charge in [-0.2, -0.15) is 5.26 Å². The van der Waals surface area contributed by atoms with Gasteiger partial charge in [-0.15, -0.1) is 11.8 Å². The van der Waals surface area contributed by atoms with Crippen LogP contribution in [0.25, 0.3) is 0 Å². The molecule has 0 aliphatic heterocycles. The van der Waals surface area contributed by atoms with Gasteiger partial charge in [-0.05, 0) is 58.1 Å². The number of amidine groups is 1. The van der Waals surface area contributed by atoms with Gasteiger partial charge in [-0.1, -0.05) is 11.2 Å². The summed E-state index contributed by atoms with van der Waals surface area (Å²) in [6, 6.07) is 5.02. The topological polar surface area (TPSA) is 159 Å². The van der Waals surface area contributed by atoms with Crippen LogP contribution in [-0.2, 0) is 12.8 Å². The van der Waals surface area contributed by atoms with E-state index in [1.807, 2.05) is 12.3 Å². The summed E-state index contributed by atoms with van der Waals surface area (Å²) in [6.07, 6.45) is 6.99. The fourth-order valence-electron chi connectivity index (χ4n) is 1.84. The summed E-state index contributed by atoms with van der Waals surface area (Å²) >= 11 is 1.51. The third-order valence-corrected chi connectivity index (χ3v) is 3.50. The SMILES string of the molecule is CS/C=C/Nc1nonc1/C(N)=N/O.Fc1ccc2c(c1)CC2.N#CN. The number of aryl methyl sites for hydroxylation is 2. The number of benzene rings is 1. The lowest BCUT2D eigenvalue weighted by molar-refractivity contribution is 0.304. The highest BCUT2D eigenvalue weighted by Gasteiger charge is 2.13. The molecule has 1 aliphatic rings. The summed E-state index contributed by atoms with van der Waals surface area (Å²) in [7, 11) is 0. The number of anilines is 1. The van der Waals surface area contributed by atoms with Gasteiger partial charge in [0.05, 0.1) is 0 Å². The summed E-state index contributed by atoms with van der Waals surface area (Å²) in [6.45, 7) is 0. The van der Waals surface area contributed by atoms with E-state index in [4.69, 9.17) is 16.2 Å². The smallest absolute Gasteiger partial charge is 0.206 e. The molecule has 9 nitrogen and oxygen atoms in total. The molecule has 0 saturated heterocycles. The molecule has 0 spiro atoms. The number of thioether (sulfide) groups is 1. The molecule has 3 rings (SSSR count). The lowest BCUT2D eigenvalue weighted by Gasteiger charge is -2.17. The Hall–Kier alpha value is -3.26. The Morgan fingerprint density at radius 2 is 2.15 bits per heavy atom. The first kappa shape index (κ1) is 20.8. The molecule has 0 amide bonds. The molecular weight excluding hydrogens is 361 g/mol. The number of fused-ring (bicyclic) bond motifs is 1. The van der Waals surface area contributed by atoms with Crippen molar-refractivity contribution in [2.75, 3.05) is 11.6 Å². The van der Waals surface area contributed by atoms with Crippen molar-refractivity contribution in [1.82, 2.24) is 10.3 Å². The zero-order chi connectivity index (χ0) is 19.4. The van der Waals surface area contributed by atoms with Crippen LogP contribution >= 0.6 is 11.8 Å². The van der Waals surface area contributed by atoms with Crippen LogP contribution in [0.15, 0.2) is 39.6 Å². The lowest BCUT2D eigenvalue weighted by Crippen LogP contribution is -2.15. The molecule has 0 saturated carbocycles. The number of rotatable bonds is 4. The van der Waals surface area contributed by atoms with Crippen molar-refractivity contribution in [2.45, 2.75) is 12.8 Å². The van der Waals surface area contributed by atoms with Gasteiger partial charge in [-0.25, -0.2) is 9.02 Å². The van der Waals surface area contributed by atoms with E-state index in [0.717, 1.165) is 12.8 Å². The molecular formula is C15H18FN7O2S. The molecule has 1 heterocycles. The van der Waals surface area contributed by atoms with E-state index >= 15 is 0 Å². The van der Waals surface area contributed by atoms with E-state index in [1.165, 1.54) is 35.1 Å². The van der Waals surface area contributed by atoms with Crippen LogP contribution in [0, 0.1) is 17.3 Å². The van der Waals surface area contributed by atoms with Crippen LogP contribution < -0.4 is 16.8 Å². The van der Waals surface area contributed by atoms with Crippen LogP contribution in [0.5, 0.6) is 0 Å². The van der Waals surface area contributed by atoms with Crippen molar-refractivity contribution in [3.8, 4) is 6.19 Å². The zero-order valence-corrected chi connectivity index (χ0v) is 14.7. The third-order valence-electron chi connectivity index (χ3n) is 3.10. The second-order valence-corrected chi connectivity index (χ2v) is 5.42. The minimum absolute atomic E-state index is 0.103. The predicted molar refractivity (Wildman–Crippen MR) is 96.7 cm³/mol. The molecule has 138 valence electrons. The largest absolute Gasteiger partial charge is 0.409 e. The molecule has 0 unspecified atom stereocenters. The number of nitrogens with one attached hydrogen (secondary N) is 1. The first-order valence-corrected chi connectivity index (χ1v) is 8.47. The Morgan fingerprint density at radius 3 is 2.65 bits per heavy atom. The van der Waals surface area contributed by atoms with Gasteiger partial charge in [0.2, 0.25) is 5.82 Å². The van der Waals surface area contributed by atoms with Crippen LogP contribution in [0.3, 0.4) is 0 Å². The monoisotopic (exact) mass is 379 g/mol. The Kier molecular flexibility index (Phi) is 9.05. The van der Waals surface area contributed by atoms with Crippen LogP contribution in [0.2, 0.25) is 0 Å². The number of nitrogens with zero attached hydrogens (tertiary/aromatic N) is 4. The predicted octanol–water partition coefficient (Wildman–Crippen LogP) is 1.76. The van der Waals surface area contributed by atoms with E-state index in [2.05, 4.69) is 31.1 Å². The van der Waals surface area contributed by atoms with Crippen LogP contribution in [-0.4, -0.2) is 27.6 Å². The average Bonchev–Trinajstić information content (AvgIpc) is 3.07. The normalized spacial score (nSPS) is 11.8. The quantitative estimate of drug-likeness (QED) is 0.155. The van der Waals surface area contributed by atoms with Crippen molar-refractivity contribution in [2.24, 2.45) is 16.6 Å². The van der Waals surface area contributed by atoms with Crippen molar-refractivity contribution in [1.29, 1.82) is 5.26 Å². The second-order valence-electron chi connectivity index (χ2n) is 4.67. The number of halogens is 1. The molecule has 0 radical (unpaired) electrons. The van der Waals surface area contributed by atoms with Gasteiger partial charge < -0.3 is 22.0 Å². The summed E-state index contributed by atoms with van der Waals surface area (Å²) in [5.41, 5.74) is 12.1. The van der Waals surface area contributed by atoms with Crippen LogP contribution in [0.1, 0.15) is 16.8 Å². The standard InChI is InChI=1S/C8H7F.C6H9N5O2S.CH2N2/c9-8-4-3-6-1-2-7(6)5-8;1-14-3-2-8-6-4(5(7)9-12)10-13-11-6;2-1-3/h3-5H,1-2H2;2-3,12H,1H3,(H2,7,9)(H,8,11);2H2/b;3-2+;. The Balaban J connectivity index is 0.000000239. The highest BCUT2D eigenvalue weighted by molar-refractivity contribution is 8.01. The molecule has 0 fully saturated rings. The zero-order valence-electron chi connectivity index (χ0n) is 13.9. The lowest BCUT2D eigenvalue weighted by atomic mass is 9.89. The van der Waals surface area contributed by atoms with Gasteiger partial charge in [0, 0.05) is 6.20 Å². The van der Waals surface area contributed by atoms with Crippen LogP contribution in [0.4, 0.5) is 10.2 Å². The molecule has 26 heavy (non-hydrogen) atoms. The first-order valence-electron chi connectivity index (χ1n) is 7.19. The molecule has 6 N–H and O–H groups in total. The first-order chi connectivity index (χ1) is 12.6. The Labute approximate surface area is 153 Å². The van der Waals surface area contributed by atoms with E-state index < -0.39 is 0 Å². The van der Waals surface area contributed by atoms with Gasteiger partial charge in [0.25, 0.3) is 0 Å². The van der Waals surface area contributed by atoms with Crippen molar-refractivity contribution >= 4 is 23.4 Å². The molecule has 11 heteroatoms. The maximum Gasteiger partial charge on any atom is 0.206 e. The summed E-state index contributed by atoms with van der Waals surface area (Å²) in [5, 5.41) is 29.8. The number of hydrogen-bond acceptors (Lipinski definition) is 9. The molecule has 2 aromatic rings. The molecule has 0 atom stereocenters. The second kappa shape index (κ2) is 11.3. The number of nitrogens with two attached hydrogens (primary N) is 2. The maximum absolute atomic E-state index is 12.4. The summed E-state index contributed by atoms with van der Waals surface area (Å²) in [5.74, 6) is 0.0327. The van der Waals surface area contributed by atoms with E-state index in [0.29, 0.717) is 5.82 Å². The Bertz CT molecular complexity index is 802. The minimum atomic E-state index is -0.161. The maximum atomic E-state index is 12.4. The van der Waals surface area contributed by atoms with Crippen molar-refractivity contribution in [3.63, 3.8) is 0 Å². The van der Waals surface area contributed by atoms with E-state index in [1.54, 1.807) is 17.7 Å². The fraction of sp³-hybridized carbons (Fsp3) is 0.200. The summed E-state index contributed by atoms with van der Waals surface area (Å²) in [4.78, 5) is 0. The number of aromatic nitrogens is 2. The average molecular weight is 379 g/mol. The van der Waals surface area contributed by atoms with Gasteiger partial charge in [0.1, 0.15) is 5.82 Å². The number of oxime groups is 1. The molecule has 1 aromatic heterocycles. The minimum Gasteiger partial charge on any atom is -0.409 e. The Morgan fingerprint density at radius 1 is 1.46 bits per heavy atom. The van der Waals surface area contributed by atoms with Gasteiger partial charge >= 0.3 is 0 Å². The van der Waals surface area contributed by atoms with E-state index in [-0.39, 0.29) is 17.3 Å². The van der Waals surface area contributed by atoms with Gasteiger partial charge in [0.15, 0.2) is 17.7 Å². The highest BCUT2D eigenvalue weighted by atomic mass is 32.2.